The van der Waals surface area contributed by atoms with Crippen LogP contribution in [-0.2, 0) is 13.1 Å². The molecule has 0 aliphatic heterocycles. The van der Waals surface area contributed by atoms with Gasteiger partial charge in [0.05, 0.1) is 25.0 Å². The van der Waals surface area contributed by atoms with Crippen LogP contribution < -0.4 is 10.6 Å². The summed E-state index contributed by atoms with van der Waals surface area (Å²) in [7, 11) is 0. The monoisotopic (exact) mass is 467 g/mol. The van der Waals surface area contributed by atoms with Crippen LogP contribution in [-0.4, -0.2) is 22.3 Å². The SMILES string of the molecule is CCNC(=NCc1cnn(-c2ccccc2)c1)NCc1cccs1.I. The Hall–Kier alpha value is -1.87. The van der Waals surface area contributed by atoms with E-state index < -0.39 is 0 Å². The number of benzene rings is 1. The van der Waals surface area contributed by atoms with E-state index in [1.165, 1.54) is 4.88 Å². The normalized spacial score (nSPS) is 11.0. The summed E-state index contributed by atoms with van der Waals surface area (Å²) in [5, 5.41) is 13.1. The second-order valence-electron chi connectivity index (χ2n) is 5.26. The summed E-state index contributed by atoms with van der Waals surface area (Å²) >= 11 is 1.74. The molecule has 3 rings (SSSR count). The number of aliphatic imine (C=N–C) groups is 1. The topological polar surface area (TPSA) is 54.2 Å². The largest absolute Gasteiger partial charge is 0.357 e. The molecule has 2 aromatic heterocycles. The van der Waals surface area contributed by atoms with Crippen molar-refractivity contribution in [2.45, 2.75) is 20.0 Å². The molecule has 0 aliphatic carbocycles. The predicted octanol–water partition coefficient (Wildman–Crippen LogP) is 3.81. The van der Waals surface area contributed by atoms with Gasteiger partial charge in [0.2, 0.25) is 0 Å². The fourth-order valence-electron chi connectivity index (χ4n) is 2.26. The summed E-state index contributed by atoms with van der Waals surface area (Å²) in [6.45, 7) is 4.27. The number of aromatic nitrogens is 2. The Kier molecular flexibility index (Phi) is 7.93. The number of nitrogens with one attached hydrogen (secondary N) is 2. The smallest absolute Gasteiger partial charge is 0.191 e. The van der Waals surface area contributed by atoms with Crippen LogP contribution in [0.5, 0.6) is 0 Å². The zero-order valence-electron chi connectivity index (χ0n) is 14.1. The number of guanidine groups is 1. The summed E-state index contributed by atoms with van der Waals surface area (Å²) in [5.74, 6) is 0.818. The third-order valence-corrected chi connectivity index (χ3v) is 4.31. The van der Waals surface area contributed by atoms with E-state index in [9.17, 15) is 0 Å². The minimum Gasteiger partial charge on any atom is -0.357 e. The molecular formula is C18H22IN5S. The van der Waals surface area contributed by atoms with Crippen LogP contribution in [0.2, 0.25) is 0 Å². The quantitative estimate of drug-likeness (QED) is 0.330. The molecule has 0 radical (unpaired) electrons. The van der Waals surface area contributed by atoms with E-state index in [2.05, 4.69) is 45.2 Å². The van der Waals surface area contributed by atoms with Gasteiger partial charge in [-0.1, -0.05) is 24.3 Å². The molecule has 2 heterocycles. The van der Waals surface area contributed by atoms with Crippen LogP contribution in [0.15, 0.2) is 65.2 Å². The lowest BCUT2D eigenvalue weighted by molar-refractivity contribution is 0.823. The lowest BCUT2D eigenvalue weighted by Gasteiger charge is -2.10. The first kappa shape index (κ1) is 19.5. The number of hydrogen-bond donors (Lipinski definition) is 2. The van der Waals surface area contributed by atoms with Gasteiger partial charge in [0.15, 0.2) is 5.96 Å². The van der Waals surface area contributed by atoms with Crippen molar-refractivity contribution in [3.8, 4) is 5.69 Å². The van der Waals surface area contributed by atoms with E-state index in [1.807, 2.05) is 47.4 Å². The maximum absolute atomic E-state index is 4.64. The maximum atomic E-state index is 4.64. The van der Waals surface area contributed by atoms with Crippen molar-refractivity contribution in [2.24, 2.45) is 4.99 Å². The van der Waals surface area contributed by atoms with E-state index in [0.29, 0.717) is 6.54 Å². The van der Waals surface area contributed by atoms with E-state index in [-0.39, 0.29) is 24.0 Å². The zero-order chi connectivity index (χ0) is 16.6. The third kappa shape index (κ3) is 5.86. The molecule has 0 fully saturated rings. The van der Waals surface area contributed by atoms with Gasteiger partial charge >= 0.3 is 0 Å². The van der Waals surface area contributed by atoms with Crippen molar-refractivity contribution in [1.82, 2.24) is 20.4 Å². The van der Waals surface area contributed by atoms with E-state index in [1.54, 1.807) is 11.3 Å². The number of halogens is 1. The van der Waals surface area contributed by atoms with Gasteiger partial charge in [-0.2, -0.15) is 5.10 Å². The van der Waals surface area contributed by atoms with Crippen molar-refractivity contribution in [3.63, 3.8) is 0 Å². The molecule has 25 heavy (non-hydrogen) atoms. The summed E-state index contributed by atoms with van der Waals surface area (Å²) in [5.41, 5.74) is 2.13. The molecule has 0 spiro atoms. The second-order valence-corrected chi connectivity index (χ2v) is 6.29. The lowest BCUT2D eigenvalue weighted by Crippen LogP contribution is -2.36. The number of thiophene rings is 1. The van der Waals surface area contributed by atoms with Crippen molar-refractivity contribution in [1.29, 1.82) is 0 Å². The Morgan fingerprint density at radius 1 is 1.16 bits per heavy atom. The molecule has 1 aromatic carbocycles. The predicted molar refractivity (Wildman–Crippen MR) is 115 cm³/mol. The molecule has 0 aliphatic rings. The highest BCUT2D eigenvalue weighted by Crippen LogP contribution is 2.09. The minimum atomic E-state index is 0. The van der Waals surface area contributed by atoms with Gasteiger partial charge in [-0.25, -0.2) is 9.67 Å². The molecule has 0 bridgehead atoms. The van der Waals surface area contributed by atoms with E-state index in [0.717, 1.165) is 30.3 Å². The standard InChI is InChI=1S/C18H21N5S.HI/c1-2-19-18(21-13-17-9-6-10-24-17)20-11-15-12-22-23(14-15)16-7-4-3-5-8-16;/h3-10,12,14H,2,11,13H2,1H3,(H2,19,20,21);1H. The van der Waals surface area contributed by atoms with Crippen LogP contribution in [0.25, 0.3) is 5.69 Å². The van der Waals surface area contributed by atoms with Gasteiger partial charge in [-0.15, -0.1) is 35.3 Å². The van der Waals surface area contributed by atoms with E-state index in [4.69, 9.17) is 0 Å². The van der Waals surface area contributed by atoms with Crippen LogP contribution in [0.1, 0.15) is 17.4 Å². The average Bonchev–Trinajstić information content (AvgIpc) is 3.30. The van der Waals surface area contributed by atoms with Gasteiger partial charge in [0.1, 0.15) is 0 Å². The van der Waals surface area contributed by atoms with Crippen molar-refractivity contribution in [3.05, 3.63) is 70.7 Å². The van der Waals surface area contributed by atoms with Gasteiger partial charge < -0.3 is 10.6 Å². The Labute approximate surface area is 169 Å². The first-order valence-electron chi connectivity index (χ1n) is 7.98. The molecule has 2 N–H and O–H groups in total. The highest BCUT2D eigenvalue weighted by atomic mass is 127. The average molecular weight is 467 g/mol. The molecule has 0 saturated carbocycles. The van der Waals surface area contributed by atoms with Gasteiger partial charge in [-0.3, -0.25) is 0 Å². The van der Waals surface area contributed by atoms with Crippen LogP contribution >= 0.6 is 35.3 Å². The van der Waals surface area contributed by atoms with E-state index >= 15 is 0 Å². The summed E-state index contributed by atoms with van der Waals surface area (Å²) in [4.78, 5) is 5.93. The lowest BCUT2D eigenvalue weighted by atomic mass is 10.3. The Balaban J connectivity index is 0.00000225. The molecule has 0 amide bonds. The Morgan fingerprint density at radius 3 is 2.72 bits per heavy atom. The molecule has 7 heteroatoms. The zero-order valence-corrected chi connectivity index (χ0v) is 17.2. The Morgan fingerprint density at radius 2 is 2.00 bits per heavy atom. The number of para-hydroxylation sites is 1. The van der Waals surface area contributed by atoms with Crippen LogP contribution in [0, 0.1) is 0 Å². The number of nitrogens with zero attached hydrogens (tertiary/aromatic N) is 3. The van der Waals surface area contributed by atoms with Gasteiger partial charge in [0, 0.05) is 23.2 Å². The molecule has 5 nitrogen and oxygen atoms in total. The molecular weight excluding hydrogens is 445 g/mol. The molecule has 0 unspecified atom stereocenters. The summed E-state index contributed by atoms with van der Waals surface area (Å²) < 4.78 is 1.87. The van der Waals surface area contributed by atoms with Gasteiger partial charge in [-0.05, 0) is 30.5 Å². The highest BCUT2D eigenvalue weighted by molar-refractivity contribution is 14.0. The van der Waals surface area contributed by atoms with Crippen molar-refractivity contribution in [2.75, 3.05) is 6.54 Å². The highest BCUT2D eigenvalue weighted by Gasteiger charge is 2.02. The third-order valence-electron chi connectivity index (χ3n) is 3.43. The number of rotatable bonds is 6. The fraction of sp³-hybridized carbons (Fsp3) is 0.222. The molecule has 0 saturated heterocycles. The number of hydrogen-bond acceptors (Lipinski definition) is 3. The van der Waals surface area contributed by atoms with Crippen molar-refractivity contribution < 1.29 is 0 Å². The summed E-state index contributed by atoms with van der Waals surface area (Å²) in [6.07, 6.45) is 3.88. The van der Waals surface area contributed by atoms with Crippen LogP contribution in [0.4, 0.5) is 0 Å². The van der Waals surface area contributed by atoms with Crippen molar-refractivity contribution >= 4 is 41.3 Å². The molecule has 132 valence electrons. The molecule has 3 aromatic rings. The first-order valence-corrected chi connectivity index (χ1v) is 8.86. The summed E-state index contributed by atoms with van der Waals surface area (Å²) in [6, 6.07) is 14.3. The first-order chi connectivity index (χ1) is 11.8. The van der Waals surface area contributed by atoms with Gasteiger partial charge in [0.25, 0.3) is 0 Å². The minimum absolute atomic E-state index is 0. The molecule has 0 atom stereocenters. The maximum Gasteiger partial charge on any atom is 0.191 e. The Bertz CT molecular complexity index is 768. The fourth-order valence-corrected chi connectivity index (χ4v) is 2.90. The van der Waals surface area contributed by atoms with Crippen LogP contribution in [0.3, 0.4) is 0 Å². The second kappa shape index (κ2) is 10.2.